The monoisotopic (exact) mass is 430 g/mol. The van der Waals surface area contributed by atoms with Crippen LogP contribution in [0.25, 0.3) is 5.69 Å². The predicted octanol–water partition coefficient (Wildman–Crippen LogP) is 3.76. The molecule has 2 aromatic heterocycles. The van der Waals surface area contributed by atoms with Gasteiger partial charge in [0.25, 0.3) is 5.91 Å². The molecule has 2 heterocycles. The van der Waals surface area contributed by atoms with Crippen LogP contribution in [0.5, 0.6) is 5.75 Å². The van der Waals surface area contributed by atoms with Crippen LogP contribution in [0.15, 0.2) is 89.8 Å². The molecule has 0 saturated carbocycles. The van der Waals surface area contributed by atoms with Gasteiger partial charge in [-0.25, -0.2) is 4.68 Å². The second-order valence-corrected chi connectivity index (χ2v) is 6.99. The van der Waals surface area contributed by atoms with Gasteiger partial charge in [0.1, 0.15) is 18.1 Å². The summed E-state index contributed by atoms with van der Waals surface area (Å²) in [6, 6.07) is 19.5. The van der Waals surface area contributed by atoms with Gasteiger partial charge in [0, 0.05) is 18.0 Å². The highest BCUT2D eigenvalue weighted by atomic mass is 16.5. The first-order chi connectivity index (χ1) is 15.6. The van der Waals surface area contributed by atoms with Crippen LogP contribution in [0, 0.1) is 0 Å². The Balaban J connectivity index is 1.52. The summed E-state index contributed by atoms with van der Waals surface area (Å²) in [5.41, 5.74) is 1.82. The Labute approximate surface area is 185 Å². The smallest absolute Gasteiger partial charge is 0.254 e. The van der Waals surface area contributed by atoms with Gasteiger partial charge in [-0.15, -0.1) is 0 Å². The maximum atomic E-state index is 13.2. The number of ether oxygens (including phenoxy) is 1. The Hall–Kier alpha value is -4.33. The highest BCUT2D eigenvalue weighted by Gasteiger charge is 2.21. The van der Waals surface area contributed by atoms with Crippen molar-refractivity contribution in [2.24, 2.45) is 0 Å². The molecule has 8 nitrogen and oxygen atoms in total. The Bertz CT molecular complexity index is 1170. The van der Waals surface area contributed by atoms with Crippen molar-refractivity contribution in [3.05, 3.63) is 96.7 Å². The van der Waals surface area contributed by atoms with Crippen LogP contribution >= 0.6 is 0 Å². The maximum absolute atomic E-state index is 13.2. The number of anilines is 1. The fraction of sp³-hybridized carbons (Fsp3) is 0.125. The molecular formula is C24H22N4O4. The van der Waals surface area contributed by atoms with Crippen LogP contribution in [0.1, 0.15) is 16.1 Å². The molecule has 2 aromatic carbocycles. The summed E-state index contributed by atoms with van der Waals surface area (Å²) in [5, 5.41) is 6.99. The molecule has 0 aliphatic heterocycles. The normalized spacial score (nSPS) is 10.5. The molecule has 0 unspecified atom stereocenters. The number of hydrogen-bond acceptors (Lipinski definition) is 5. The van der Waals surface area contributed by atoms with E-state index in [0.29, 0.717) is 22.8 Å². The van der Waals surface area contributed by atoms with Crippen LogP contribution in [-0.4, -0.2) is 40.1 Å². The lowest BCUT2D eigenvalue weighted by Crippen LogP contribution is -2.37. The molecule has 0 atom stereocenters. The van der Waals surface area contributed by atoms with Gasteiger partial charge in [0.15, 0.2) is 0 Å². The molecular weight excluding hydrogens is 408 g/mol. The highest BCUT2D eigenvalue weighted by molar-refractivity contribution is 5.99. The van der Waals surface area contributed by atoms with Gasteiger partial charge < -0.3 is 19.4 Å². The first-order valence-electron chi connectivity index (χ1n) is 9.98. The number of para-hydroxylation sites is 2. The van der Waals surface area contributed by atoms with E-state index in [4.69, 9.17) is 9.15 Å². The van der Waals surface area contributed by atoms with Gasteiger partial charge in [0.05, 0.1) is 31.3 Å². The largest absolute Gasteiger partial charge is 0.495 e. The first-order valence-corrected chi connectivity index (χ1v) is 9.98. The van der Waals surface area contributed by atoms with Crippen LogP contribution in [-0.2, 0) is 11.3 Å². The van der Waals surface area contributed by atoms with Crippen molar-refractivity contribution in [2.75, 3.05) is 19.0 Å². The number of hydrogen-bond donors (Lipinski definition) is 1. The minimum atomic E-state index is -0.345. The maximum Gasteiger partial charge on any atom is 0.254 e. The number of methoxy groups -OCH3 is 1. The zero-order chi connectivity index (χ0) is 22.3. The van der Waals surface area contributed by atoms with Crippen LogP contribution in [0.4, 0.5) is 5.69 Å². The Morgan fingerprint density at radius 1 is 1.06 bits per heavy atom. The summed E-state index contributed by atoms with van der Waals surface area (Å²) in [7, 11) is 1.53. The van der Waals surface area contributed by atoms with Gasteiger partial charge in [-0.05, 0) is 54.6 Å². The highest BCUT2D eigenvalue weighted by Crippen LogP contribution is 2.23. The van der Waals surface area contributed by atoms with Crippen molar-refractivity contribution < 1.29 is 18.7 Å². The second-order valence-electron chi connectivity index (χ2n) is 6.99. The molecule has 8 heteroatoms. The molecule has 4 aromatic rings. The topological polar surface area (TPSA) is 89.6 Å². The molecule has 0 bridgehead atoms. The molecule has 4 rings (SSSR count). The summed E-state index contributed by atoms with van der Waals surface area (Å²) in [5.74, 6) is 0.488. The summed E-state index contributed by atoms with van der Waals surface area (Å²) < 4.78 is 12.4. The molecule has 0 aliphatic rings. The average Bonchev–Trinajstić information content (AvgIpc) is 3.53. The fourth-order valence-electron chi connectivity index (χ4n) is 3.26. The third-order valence-corrected chi connectivity index (χ3v) is 4.81. The van der Waals surface area contributed by atoms with E-state index in [2.05, 4.69) is 10.4 Å². The SMILES string of the molecule is COc1ccccc1NC(=O)CN(Cc1ccco1)C(=O)c1ccc(-n2cccn2)cc1. The number of nitrogens with zero attached hydrogens (tertiary/aromatic N) is 3. The number of aromatic nitrogens is 2. The number of amides is 2. The summed E-state index contributed by atoms with van der Waals surface area (Å²) in [6.45, 7) is 0.00454. The van der Waals surface area contributed by atoms with Gasteiger partial charge >= 0.3 is 0 Å². The Morgan fingerprint density at radius 3 is 2.56 bits per heavy atom. The molecule has 2 amide bonds. The molecule has 1 N–H and O–H groups in total. The van der Waals surface area contributed by atoms with E-state index >= 15 is 0 Å². The van der Waals surface area contributed by atoms with E-state index in [0.717, 1.165) is 5.69 Å². The van der Waals surface area contributed by atoms with Crippen molar-refractivity contribution in [1.29, 1.82) is 0 Å². The second kappa shape index (κ2) is 9.65. The van der Waals surface area contributed by atoms with Gasteiger partial charge in [-0.1, -0.05) is 12.1 Å². The van der Waals surface area contributed by atoms with Gasteiger partial charge in [-0.3, -0.25) is 9.59 Å². The average molecular weight is 430 g/mol. The zero-order valence-electron chi connectivity index (χ0n) is 17.5. The van der Waals surface area contributed by atoms with Crippen molar-refractivity contribution >= 4 is 17.5 Å². The van der Waals surface area contributed by atoms with Crippen LogP contribution in [0.3, 0.4) is 0 Å². The number of benzene rings is 2. The third-order valence-electron chi connectivity index (χ3n) is 4.81. The molecule has 0 aliphatic carbocycles. The summed E-state index contributed by atoms with van der Waals surface area (Å²) >= 11 is 0. The number of furan rings is 1. The Morgan fingerprint density at radius 2 is 1.88 bits per heavy atom. The molecule has 32 heavy (non-hydrogen) atoms. The fourth-order valence-corrected chi connectivity index (χ4v) is 3.26. The summed E-state index contributed by atoms with van der Waals surface area (Å²) in [6.07, 6.45) is 5.04. The standard InChI is InChI=1S/C24H22N4O4/c1-31-22-8-3-2-7-21(22)26-23(29)17-27(16-20-6-4-15-32-20)24(30)18-9-11-19(12-10-18)28-14-5-13-25-28/h2-15H,16-17H2,1H3,(H,26,29). The first kappa shape index (κ1) is 20.9. The molecule has 162 valence electrons. The Kier molecular flexibility index (Phi) is 6.31. The number of rotatable bonds is 8. The zero-order valence-corrected chi connectivity index (χ0v) is 17.5. The van der Waals surface area contributed by atoms with Gasteiger partial charge in [0.2, 0.25) is 5.91 Å². The lowest BCUT2D eigenvalue weighted by molar-refractivity contribution is -0.117. The number of carbonyl (C=O) groups is 2. The third kappa shape index (κ3) is 4.86. The lowest BCUT2D eigenvalue weighted by Gasteiger charge is -2.22. The lowest BCUT2D eigenvalue weighted by atomic mass is 10.1. The van der Waals surface area contributed by atoms with Crippen molar-refractivity contribution in [2.45, 2.75) is 6.54 Å². The van der Waals surface area contributed by atoms with E-state index < -0.39 is 0 Å². The molecule has 0 saturated heterocycles. The van der Waals surface area contributed by atoms with Crippen molar-refractivity contribution in [3.8, 4) is 11.4 Å². The van der Waals surface area contributed by atoms with Crippen molar-refractivity contribution in [3.63, 3.8) is 0 Å². The van der Waals surface area contributed by atoms with E-state index in [1.807, 2.05) is 18.3 Å². The van der Waals surface area contributed by atoms with Crippen LogP contribution < -0.4 is 10.1 Å². The quantitative estimate of drug-likeness (QED) is 0.460. The van der Waals surface area contributed by atoms with Crippen LogP contribution in [0.2, 0.25) is 0 Å². The predicted molar refractivity (Wildman–Crippen MR) is 119 cm³/mol. The van der Waals surface area contributed by atoms with Crippen molar-refractivity contribution in [1.82, 2.24) is 14.7 Å². The molecule has 0 fully saturated rings. The molecule has 0 spiro atoms. The summed E-state index contributed by atoms with van der Waals surface area (Å²) in [4.78, 5) is 27.4. The number of carbonyl (C=O) groups excluding carboxylic acids is 2. The minimum Gasteiger partial charge on any atom is -0.495 e. The number of nitrogens with one attached hydrogen (secondary N) is 1. The van der Waals surface area contributed by atoms with E-state index in [9.17, 15) is 9.59 Å². The van der Waals surface area contributed by atoms with E-state index in [1.54, 1.807) is 65.5 Å². The van der Waals surface area contributed by atoms with Gasteiger partial charge in [-0.2, -0.15) is 5.10 Å². The van der Waals surface area contributed by atoms with E-state index in [-0.39, 0.29) is 24.9 Å². The minimum absolute atomic E-state index is 0.154. The van der Waals surface area contributed by atoms with E-state index in [1.165, 1.54) is 18.3 Å². The molecule has 0 radical (unpaired) electrons.